The van der Waals surface area contributed by atoms with Crippen LogP contribution in [0.2, 0.25) is 0 Å². The molecule has 0 aromatic heterocycles. The number of amides is 2. The van der Waals surface area contributed by atoms with E-state index in [-0.39, 0.29) is 11.8 Å². The summed E-state index contributed by atoms with van der Waals surface area (Å²) >= 11 is 0. The number of carbonyl (C=O) groups is 2. The summed E-state index contributed by atoms with van der Waals surface area (Å²) in [6.45, 7) is 10.0. The topological polar surface area (TPSA) is 67.4 Å². The Balaban J connectivity index is 2.02. The van der Waals surface area contributed by atoms with Gasteiger partial charge in [0, 0.05) is 17.8 Å². The lowest BCUT2D eigenvalue weighted by Gasteiger charge is -2.12. The van der Waals surface area contributed by atoms with Crippen LogP contribution in [0.25, 0.3) is 0 Å². The molecule has 2 aromatic rings. The first-order chi connectivity index (χ1) is 12.8. The molecule has 0 saturated carbocycles. The van der Waals surface area contributed by atoms with Crippen molar-refractivity contribution < 1.29 is 14.3 Å². The summed E-state index contributed by atoms with van der Waals surface area (Å²) in [5.41, 5.74) is 2.66. The van der Waals surface area contributed by atoms with Gasteiger partial charge >= 0.3 is 0 Å². The van der Waals surface area contributed by atoms with Gasteiger partial charge in [-0.25, -0.2) is 0 Å². The molecule has 0 aliphatic carbocycles. The normalized spacial score (nSPS) is 10.4. The SMILES string of the molecule is C=C(C)COc1ccccc1C(=O)Nc1ccc(NC(=O)CC(C)C)cc1. The summed E-state index contributed by atoms with van der Waals surface area (Å²) in [7, 11) is 0. The van der Waals surface area contributed by atoms with Crippen molar-refractivity contribution in [3.63, 3.8) is 0 Å². The molecular weight excluding hydrogens is 340 g/mol. The minimum absolute atomic E-state index is 0.0228. The molecule has 0 aliphatic heterocycles. The van der Waals surface area contributed by atoms with Crippen LogP contribution in [0, 0.1) is 5.92 Å². The van der Waals surface area contributed by atoms with Crippen molar-refractivity contribution in [3.05, 3.63) is 66.2 Å². The zero-order valence-corrected chi connectivity index (χ0v) is 16.0. The highest BCUT2D eigenvalue weighted by atomic mass is 16.5. The van der Waals surface area contributed by atoms with Gasteiger partial charge in [-0.1, -0.05) is 32.6 Å². The molecule has 0 bridgehead atoms. The number of hydrogen-bond donors (Lipinski definition) is 2. The van der Waals surface area contributed by atoms with Crippen molar-refractivity contribution >= 4 is 23.2 Å². The predicted molar refractivity (Wildman–Crippen MR) is 109 cm³/mol. The monoisotopic (exact) mass is 366 g/mol. The maximum atomic E-state index is 12.6. The van der Waals surface area contributed by atoms with Gasteiger partial charge in [0.25, 0.3) is 5.91 Å². The molecule has 2 rings (SSSR count). The summed E-state index contributed by atoms with van der Waals surface area (Å²) in [5.74, 6) is 0.528. The Bertz CT molecular complexity index is 811. The van der Waals surface area contributed by atoms with Gasteiger partial charge in [0.2, 0.25) is 5.91 Å². The van der Waals surface area contributed by atoms with Crippen LogP contribution < -0.4 is 15.4 Å². The van der Waals surface area contributed by atoms with E-state index in [1.807, 2.05) is 26.8 Å². The highest BCUT2D eigenvalue weighted by molar-refractivity contribution is 6.06. The second kappa shape index (κ2) is 9.57. The van der Waals surface area contributed by atoms with E-state index < -0.39 is 0 Å². The van der Waals surface area contributed by atoms with Crippen LogP contribution >= 0.6 is 0 Å². The van der Waals surface area contributed by atoms with Crippen molar-refractivity contribution in [1.29, 1.82) is 0 Å². The minimum Gasteiger partial charge on any atom is -0.488 e. The third-order valence-electron chi connectivity index (χ3n) is 3.63. The summed E-state index contributed by atoms with van der Waals surface area (Å²) in [4.78, 5) is 24.4. The van der Waals surface area contributed by atoms with Gasteiger partial charge in [-0.05, 0) is 54.8 Å². The van der Waals surface area contributed by atoms with Gasteiger partial charge in [-0.3, -0.25) is 9.59 Å². The third kappa shape index (κ3) is 6.62. The van der Waals surface area contributed by atoms with Crippen molar-refractivity contribution in [1.82, 2.24) is 0 Å². The molecule has 2 amide bonds. The van der Waals surface area contributed by atoms with Crippen LogP contribution in [0.4, 0.5) is 11.4 Å². The maximum absolute atomic E-state index is 12.6. The van der Waals surface area contributed by atoms with Crippen molar-refractivity contribution in [2.45, 2.75) is 27.2 Å². The average molecular weight is 366 g/mol. The molecular formula is C22H26N2O3. The largest absolute Gasteiger partial charge is 0.488 e. The standard InChI is InChI=1S/C22H26N2O3/c1-15(2)13-21(25)23-17-9-11-18(12-10-17)24-22(26)19-7-5-6-8-20(19)27-14-16(3)4/h5-12,15H,3,13-14H2,1-2,4H3,(H,23,25)(H,24,26). The Morgan fingerprint density at radius 1 is 1.00 bits per heavy atom. The van der Waals surface area contributed by atoms with Crippen LogP contribution in [-0.2, 0) is 4.79 Å². The minimum atomic E-state index is -0.260. The molecule has 0 spiro atoms. The molecule has 0 aliphatic rings. The van der Waals surface area contributed by atoms with E-state index in [2.05, 4.69) is 17.2 Å². The molecule has 27 heavy (non-hydrogen) atoms. The van der Waals surface area contributed by atoms with Gasteiger partial charge in [0.05, 0.1) is 5.56 Å². The average Bonchev–Trinajstić information content (AvgIpc) is 2.61. The molecule has 0 unspecified atom stereocenters. The maximum Gasteiger partial charge on any atom is 0.259 e. The quantitative estimate of drug-likeness (QED) is 0.655. The number of nitrogens with one attached hydrogen (secondary N) is 2. The zero-order valence-electron chi connectivity index (χ0n) is 16.0. The first-order valence-electron chi connectivity index (χ1n) is 8.92. The molecule has 5 heteroatoms. The number of ether oxygens (including phenoxy) is 1. The first-order valence-corrected chi connectivity index (χ1v) is 8.92. The van der Waals surface area contributed by atoms with Gasteiger partial charge in [-0.15, -0.1) is 0 Å². The van der Waals surface area contributed by atoms with Gasteiger partial charge in [0.15, 0.2) is 0 Å². The zero-order chi connectivity index (χ0) is 19.8. The molecule has 2 aromatic carbocycles. The number of anilines is 2. The highest BCUT2D eigenvalue weighted by Gasteiger charge is 2.12. The van der Waals surface area contributed by atoms with E-state index >= 15 is 0 Å². The predicted octanol–water partition coefficient (Wildman–Crippen LogP) is 4.88. The van der Waals surface area contributed by atoms with E-state index in [1.165, 1.54) is 0 Å². The number of benzene rings is 2. The Kier molecular flexibility index (Phi) is 7.17. The number of para-hydroxylation sites is 1. The van der Waals surface area contributed by atoms with Crippen LogP contribution in [0.3, 0.4) is 0 Å². The first kappa shape index (κ1) is 20.2. The third-order valence-corrected chi connectivity index (χ3v) is 3.63. The summed E-state index contributed by atoms with van der Waals surface area (Å²) in [6.07, 6.45) is 0.472. The van der Waals surface area contributed by atoms with Crippen LogP contribution in [-0.4, -0.2) is 18.4 Å². The second-order valence-electron chi connectivity index (χ2n) is 6.92. The van der Waals surface area contributed by atoms with E-state index in [9.17, 15) is 9.59 Å². The molecule has 0 atom stereocenters. The molecule has 0 fully saturated rings. The number of hydrogen-bond acceptors (Lipinski definition) is 3. The fourth-order valence-electron chi connectivity index (χ4n) is 2.40. The Morgan fingerprint density at radius 3 is 2.19 bits per heavy atom. The van der Waals surface area contributed by atoms with E-state index in [4.69, 9.17) is 4.74 Å². The van der Waals surface area contributed by atoms with Crippen LogP contribution in [0.5, 0.6) is 5.75 Å². The summed E-state index contributed by atoms with van der Waals surface area (Å²) in [6, 6.07) is 14.1. The lowest BCUT2D eigenvalue weighted by Crippen LogP contribution is -2.15. The Hall–Kier alpha value is -3.08. The van der Waals surface area contributed by atoms with E-state index in [1.54, 1.807) is 42.5 Å². The Labute approximate surface area is 160 Å². The van der Waals surface area contributed by atoms with Gasteiger partial charge in [0.1, 0.15) is 12.4 Å². The molecule has 0 radical (unpaired) electrons. The molecule has 5 nitrogen and oxygen atoms in total. The number of carbonyl (C=O) groups excluding carboxylic acids is 2. The number of rotatable bonds is 8. The summed E-state index contributed by atoms with van der Waals surface area (Å²) in [5, 5.41) is 5.69. The van der Waals surface area contributed by atoms with Crippen molar-refractivity contribution in [3.8, 4) is 5.75 Å². The second-order valence-corrected chi connectivity index (χ2v) is 6.92. The van der Waals surface area contributed by atoms with Crippen LogP contribution in [0.1, 0.15) is 37.6 Å². The van der Waals surface area contributed by atoms with Gasteiger partial charge < -0.3 is 15.4 Å². The van der Waals surface area contributed by atoms with E-state index in [0.717, 1.165) is 5.57 Å². The van der Waals surface area contributed by atoms with Crippen molar-refractivity contribution in [2.24, 2.45) is 5.92 Å². The van der Waals surface area contributed by atoms with Crippen LogP contribution in [0.15, 0.2) is 60.7 Å². The summed E-state index contributed by atoms with van der Waals surface area (Å²) < 4.78 is 5.64. The lowest BCUT2D eigenvalue weighted by molar-refractivity contribution is -0.116. The smallest absolute Gasteiger partial charge is 0.259 e. The van der Waals surface area contributed by atoms with Gasteiger partial charge in [-0.2, -0.15) is 0 Å². The molecule has 0 saturated heterocycles. The van der Waals surface area contributed by atoms with Crippen molar-refractivity contribution in [2.75, 3.05) is 17.2 Å². The lowest BCUT2D eigenvalue weighted by atomic mass is 10.1. The fourth-order valence-corrected chi connectivity index (χ4v) is 2.40. The fraction of sp³-hybridized carbons (Fsp3) is 0.273. The molecule has 0 heterocycles. The van der Waals surface area contributed by atoms with E-state index in [0.29, 0.717) is 41.6 Å². The molecule has 2 N–H and O–H groups in total. The Morgan fingerprint density at radius 2 is 1.59 bits per heavy atom. The highest BCUT2D eigenvalue weighted by Crippen LogP contribution is 2.21. The molecule has 142 valence electrons.